The molecule has 0 saturated carbocycles. The minimum Gasteiger partial charge on any atom is -0.356 e. The van der Waals surface area contributed by atoms with Gasteiger partial charge >= 0.3 is 0 Å². The maximum absolute atomic E-state index is 11.8. The molecule has 4 nitrogen and oxygen atoms in total. The number of amides is 1. The maximum Gasteiger partial charge on any atom is 0.220 e. The van der Waals surface area contributed by atoms with Crippen molar-refractivity contribution < 1.29 is 9.59 Å². The Morgan fingerprint density at radius 1 is 1.19 bits per heavy atom. The van der Waals surface area contributed by atoms with E-state index in [0.717, 1.165) is 37.4 Å². The van der Waals surface area contributed by atoms with Crippen LogP contribution in [-0.2, 0) is 4.79 Å². The van der Waals surface area contributed by atoms with Crippen LogP contribution in [0, 0.1) is 0 Å². The van der Waals surface area contributed by atoms with Gasteiger partial charge in [0.1, 0.15) is 0 Å². The Bertz CT molecular complexity index is 414. The van der Waals surface area contributed by atoms with Crippen LogP contribution in [0.2, 0.25) is 0 Å². The predicted octanol–water partition coefficient (Wildman–Crippen LogP) is 2.95. The highest BCUT2D eigenvalue weighted by molar-refractivity contribution is 7.12. The third kappa shape index (κ3) is 7.39. The molecule has 0 aliphatic rings. The molecule has 1 heterocycles. The van der Waals surface area contributed by atoms with E-state index in [1.54, 1.807) is 6.07 Å². The number of thiophene rings is 1. The number of hydrogen-bond donors (Lipinski definition) is 1. The molecule has 1 aromatic heterocycles. The van der Waals surface area contributed by atoms with Crippen LogP contribution < -0.4 is 5.32 Å². The van der Waals surface area contributed by atoms with Crippen LogP contribution in [0.15, 0.2) is 17.5 Å². The number of unbranched alkanes of at least 4 members (excludes halogenated alkanes) is 1. The Hall–Kier alpha value is -1.20. The van der Waals surface area contributed by atoms with Gasteiger partial charge in [-0.15, -0.1) is 11.3 Å². The lowest BCUT2D eigenvalue weighted by atomic mass is 10.2. The summed E-state index contributed by atoms with van der Waals surface area (Å²) in [5.74, 6) is 0.0319. The molecule has 1 N–H and O–H groups in total. The molecule has 0 aromatic carbocycles. The van der Waals surface area contributed by atoms with Gasteiger partial charge in [0.05, 0.1) is 4.88 Å². The van der Waals surface area contributed by atoms with Crippen LogP contribution in [0.4, 0.5) is 0 Å². The van der Waals surface area contributed by atoms with E-state index in [-0.39, 0.29) is 18.1 Å². The number of ketones is 1. The molecule has 0 aliphatic carbocycles. The molecule has 0 unspecified atom stereocenters. The third-order valence-electron chi connectivity index (χ3n) is 3.49. The fourth-order valence-corrected chi connectivity index (χ4v) is 2.80. The van der Waals surface area contributed by atoms with Crippen LogP contribution in [0.5, 0.6) is 0 Å². The first-order chi connectivity index (χ1) is 10.2. The lowest BCUT2D eigenvalue weighted by Gasteiger charge is -2.17. The van der Waals surface area contributed by atoms with Crippen molar-refractivity contribution in [3.8, 4) is 0 Å². The Balaban J connectivity index is 2.05. The number of hydrogen-bond acceptors (Lipinski definition) is 4. The molecule has 1 aromatic rings. The molecule has 1 rings (SSSR count). The summed E-state index contributed by atoms with van der Waals surface area (Å²) >= 11 is 1.43. The second-order valence-corrected chi connectivity index (χ2v) is 5.93. The van der Waals surface area contributed by atoms with Crippen LogP contribution in [0.3, 0.4) is 0 Å². The molecule has 0 atom stereocenters. The summed E-state index contributed by atoms with van der Waals surface area (Å²) in [6.07, 6.45) is 2.66. The Kier molecular flexibility index (Phi) is 8.94. The van der Waals surface area contributed by atoms with Gasteiger partial charge < -0.3 is 10.2 Å². The van der Waals surface area contributed by atoms with Gasteiger partial charge in [-0.2, -0.15) is 0 Å². The van der Waals surface area contributed by atoms with Gasteiger partial charge in [-0.3, -0.25) is 9.59 Å². The zero-order valence-corrected chi connectivity index (χ0v) is 13.9. The van der Waals surface area contributed by atoms with Crippen molar-refractivity contribution in [2.45, 2.75) is 39.5 Å². The van der Waals surface area contributed by atoms with Crippen LogP contribution in [-0.4, -0.2) is 42.8 Å². The summed E-state index contributed by atoms with van der Waals surface area (Å²) < 4.78 is 0. The van der Waals surface area contributed by atoms with Gasteiger partial charge in [-0.05, 0) is 43.9 Å². The van der Waals surface area contributed by atoms with Crippen molar-refractivity contribution in [2.75, 3.05) is 26.2 Å². The summed E-state index contributed by atoms with van der Waals surface area (Å²) in [4.78, 5) is 26.5. The highest BCUT2D eigenvalue weighted by Gasteiger charge is 2.09. The molecule has 0 bridgehead atoms. The topological polar surface area (TPSA) is 49.4 Å². The monoisotopic (exact) mass is 310 g/mol. The number of rotatable bonds is 11. The fraction of sp³-hybridized carbons (Fsp3) is 0.625. The van der Waals surface area contributed by atoms with E-state index in [9.17, 15) is 9.59 Å². The van der Waals surface area contributed by atoms with Crippen LogP contribution in [0.25, 0.3) is 0 Å². The summed E-state index contributed by atoms with van der Waals surface area (Å²) in [5.41, 5.74) is 0. The van der Waals surface area contributed by atoms with E-state index in [1.165, 1.54) is 11.3 Å². The van der Waals surface area contributed by atoms with Crippen molar-refractivity contribution >= 4 is 23.0 Å². The average Bonchev–Trinajstić information content (AvgIpc) is 3.03. The minimum atomic E-state index is -0.0252. The average molecular weight is 310 g/mol. The zero-order chi connectivity index (χ0) is 15.5. The molecule has 5 heteroatoms. The maximum atomic E-state index is 11.8. The van der Waals surface area contributed by atoms with Crippen molar-refractivity contribution in [3.05, 3.63) is 22.4 Å². The molecule has 0 spiro atoms. The summed E-state index contributed by atoms with van der Waals surface area (Å²) in [6.45, 7) is 8.26. The van der Waals surface area contributed by atoms with E-state index >= 15 is 0 Å². The van der Waals surface area contributed by atoms with E-state index in [4.69, 9.17) is 0 Å². The normalized spacial score (nSPS) is 10.8. The zero-order valence-electron chi connectivity index (χ0n) is 13.1. The van der Waals surface area contributed by atoms with Crippen LogP contribution in [0.1, 0.15) is 49.2 Å². The molecular weight excluding hydrogens is 284 g/mol. The second kappa shape index (κ2) is 10.5. The SMILES string of the molecule is CCN(CC)CCCCNC(=O)CCC(=O)c1cccs1. The quantitative estimate of drug-likeness (QED) is 0.505. The Morgan fingerprint density at radius 2 is 1.95 bits per heavy atom. The lowest BCUT2D eigenvalue weighted by Crippen LogP contribution is -2.27. The smallest absolute Gasteiger partial charge is 0.220 e. The number of carbonyl (C=O) groups excluding carboxylic acids is 2. The first kappa shape index (κ1) is 17.9. The van der Waals surface area contributed by atoms with Gasteiger partial charge in [0, 0.05) is 19.4 Å². The first-order valence-electron chi connectivity index (χ1n) is 7.73. The Labute approximate surface area is 131 Å². The molecule has 0 radical (unpaired) electrons. The van der Waals surface area contributed by atoms with Gasteiger partial charge in [-0.25, -0.2) is 0 Å². The van der Waals surface area contributed by atoms with E-state index < -0.39 is 0 Å². The predicted molar refractivity (Wildman–Crippen MR) is 87.9 cm³/mol. The van der Waals surface area contributed by atoms with Gasteiger partial charge in [0.25, 0.3) is 0 Å². The highest BCUT2D eigenvalue weighted by Crippen LogP contribution is 2.12. The fourth-order valence-electron chi connectivity index (χ4n) is 2.10. The number of nitrogens with zero attached hydrogens (tertiary/aromatic N) is 1. The van der Waals surface area contributed by atoms with Crippen LogP contribution >= 0.6 is 11.3 Å². The molecule has 1 amide bonds. The molecule has 118 valence electrons. The Morgan fingerprint density at radius 3 is 2.57 bits per heavy atom. The van der Waals surface area contributed by atoms with E-state index in [0.29, 0.717) is 13.0 Å². The number of carbonyl (C=O) groups is 2. The third-order valence-corrected chi connectivity index (χ3v) is 4.40. The lowest BCUT2D eigenvalue weighted by molar-refractivity contribution is -0.121. The van der Waals surface area contributed by atoms with Gasteiger partial charge in [0.15, 0.2) is 5.78 Å². The van der Waals surface area contributed by atoms with E-state index in [2.05, 4.69) is 24.1 Å². The van der Waals surface area contributed by atoms with Crippen molar-refractivity contribution in [3.63, 3.8) is 0 Å². The highest BCUT2D eigenvalue weighted by atomic mass is 32.1. The molecule has 21 heavy (non-hydrogen) atoms. The summed E-state index contributed by atoms with van der Waals surface area (Å²) in [5, 5.41) is 4.76. The molecule has 0 saturated heterocycles. The van der Waals surface area contributed by atoms with E-state index in [1.807, 2.05) is 11.4 Å². The number of nitrogens with one attached hydrogen (secondary N) is 1. The minimum absolute atomic E-state index is 0.0252. The molecular formula is C16H26N2O2S. The standard InChI is InChI=1S/C16H26N2O2S/c1-3-18(4-2)12-6-5-11-17-16(20)10-9-14(19)15-8-7-13-21-15/h7-8,13H,3-6,9-12H2,1-2H3,(H,17,20). The van der Waals surface area contributed by atoms with Crippen molar-refractivity contribution in [1.82, 2.24) is 10.2 Å². The first-order valence-corrected chi connectivity index (χ1v) is 8.61. The van der Waals surface area contributed by atoms with Gasteiger partial charge in [-0.1, -0.05) is 19.9 Å². The van der Waals surface area contributed by atoms with Crippen molar-refractivity contribution in [1.29, 1.82) is 0 Å². The molecule has 0 aliphatic heterocycles. The number of Topliss-reactive ketones (excluding diaryl/α,β-unsaturated/α-hetero) is 1. The molecule has 0 fully saturated rings. The second-order valence-electron chi connectivity index (χ2n) is 4.98. The summed E-state index contributed by atoms with van der Waals surface area (Å²) in [7, 11) is 0. The largest absolute Gasteiger partial charge is 0.356 e. The summed E-state index contributed by atoms with van der Waals surface area (Å²) in [6, 6.07) is 3.66. The van der Waals surface area contributed by atoms with Crippen molar-refractivity contribution in [2.24, 2.45) is 0 Å². The van der Waals surface area contributed by atoms with Gasteiger partial charge in [0.2, 0.25) is 5.91 Å².